The van der Waals surface area contributed by atoms with Crippen molar-refractivity contribution >= 4 is 5.96 Å². The van der Waals surface area contributed by atoms with Crippen molar-refractivity contribution in [2.24, 2.45) is 16.8 Å². The molecular weight excluding hydrogens is 364 g/mol. The Morgan fingerprint density at radius 2 is 2.03 bits per heavy atom. The highest BCUT2D eigenvalue weighted by Gasteiger charge is 2.18. The van der Waals surface area contributed by atoms with E-state index in [-0.39, 0.29) is 0 Å². The fourth-order valence-electron chi connectivity index (χ4n) is 4.01. The monoisotopic (exact) mass is 402 g/mol. The summed E-state index contributed by atoms with van der Waals surface area (Å²) in [5, 5.41) is 6.92. The normalized spacial score (nSPS) is 21.3. The third kappa shape index (κ3) is 7.19. The van der Waals surface area contributed by atoms with Crippen molar-refractivity contribution in [2.75, 3.05) is 53.6 Å². The summed E-state index contributed by atoms with van der Waals surface area (Å²) in [5.74, 6) is 3.15. The highest BCUT2D eigenvalue weighted by molar-refractivity contribution is 5.79. The van der Waals surface area contributed by atoms with Gasteiger partial charge in [-0.1, -0.05) is 12.1 Å². The second-order valence-corrected chi connectivity index (χ2v) is 8.54. The first kappa shape index (κ1) is 21.9. The minimum atomic E-state index is 0.505. The van der Waals surface area contributed by atoms with Crippen molar-refractivity contribution in [3.8, 4) is 5.75 Å². The van der Waals surface area contributed by atoms with Gasteiger partial charge in [-0.2, -0.15) is 0 Å². The summed E-state index contributed by atoms with van der Waals surface area (Å²) in [6.07, 6.45) is 4.91. The topological polar surface area (TPSA) is 58.1 Å². The van der Waals surface area contributed by atoms with Crippen LogP contribution in [0, 0.1) is 18.8 Å². The van der Waals surface area contributed by atoms with Crippen LogP contribution >= 0.6 is 0 Å². The van der Waals surface area contributed by atoms with Gasteiger partial charge in [0, 0.05) is 38.2 Å². The van der Waals surface area contributed by atoms with E-state index in [2.05, 4.69) is 52.7 Å². The highest BCUT2D eigenvalue weighted by atomic mass is 16.5. The Morgan fingerprint density at radius 1 is 1.21 bits per heavy atom. The number of piperidine rings is 1. The van der Waals surface area contributed by atoms with Crippen LogP contribution in [0.1, 0.15) is 36.8 Å². The number of rotatable bonds is 8. The molecule has 29 heavy (non-hydrogen) atoms. The molecular formula is C23H38N4O2. The molecule has 6 nitrogen and oxygen atoms in total. The predicted octanol–water partition coefficient (Wildman–Crippen LogP) is 2.81. The molecule has 2 fully saturated rings. The van der Waals surface area contributed by atoms with E-state index in [4.69, 9.17) is 9.47 Å². The Morgan fingerprint density at radius 3 is 2.76 bits per heavy atom. The molecule has 2 saturated heterocycles. The molecule has 0 bridgehead atoms. The first-order chi connectivity index (χ1) is 14.1. The van der Waals surface area contributed by atoms with Crippen LogP contribution in [0.5, 0.6) is 5.75 Å². The van der Waals surface area contributed by atoms with Crippen molar-refractivity contribution in [3.63, 3.8) is 0 Å². The van der Waals surface area contributed by atoms with E-state index in [1.807, 2.05) is 7.05 Å². The second kappa shape index (κ2) is 11.4. The molecule has 0 aromatic heterocycles. The molecule has 1 aromatic rings. The molecule has 2 aliphatic heterocycles. The van der Waals surface area contributed by atoms with Crippen molar-refractivity contribution in [2.45, 2.75) is 39.2 Å². The van der Waals surface area contributed by atoms with Crippen molar-refractivity contribution in [1.29, 1.82) is 0 Å². The van der Waals surface area contributed by atoms with Crippen LogP contribution in [0.3, 0.4) is 0 Å². The number of hydrogen-bond acceptors (Lipinski definition) is 4. The smallest absolute Gasteiger partial charge is 0.191 e. The Kier molecular flexibility index (Phi) is 8.62. The van der Waals surface area contributed by atoms with Crippen molar-refractivity contribution in [1.82, 2.24) is 15.5 Å². The zero-order valence-corrected chi connectivity index (χ0v) is 18.4. The molecule has 2 N–H and O–H groups in total. The number of aryl methyl sites for hydroxylation is 1. The average Bonchev–Trinajstić information content (AvgIpc) is 3.25. The number of nitrogens with zero attached hydrogens (tertiary/aromatic N) is 2. The van der Waals surface area contributed by atoms with Gasteiger partial charge in [0.25, 0.3) is 0 Å². The summed E-state index contributed by atoms with van der Waals surface area (Å²) in [7, 11) is 4.04. The molecule has 1 atom stereocenters. The minimum absolute atomic E-state index is 0.505. The number of hydrogen-bond donors (Lipinski definition) is 2. The quantitative estimate of drug-likeness (QED) is 0.517. The number of benzene rings is 1. The summed E-state index contributed by atoms with van der Waals surface area (Å²) in [6.45, 7) is 8.61. The second-order valence-electron chi connectivity index (χ2n) is 8.54. The van der Waals surface area contributed by atoms with E-state index in [1.165, 1.54) is 37.9 Å². The number of guanidine groups is 1. The van der Waals surface area contributed by atoms with Gasteiger partial charge in [0.15, 0.2) is 5.96 Å². The Bertz CT molecular complexity index is 650. The minimum Gasteiger partial charge on any atom is -0.493 e. The molecule has 0 spiro atoms. The molecule has 0 saturated carbocycles. The lowest BCUT2D eigenvalue weighted by Gasteiger charge is -2.29. The van der Waals surface area contributed by atoms with Gasteiger partial charge in [-0.3, -0.25) is 4.99 Å². The molecule has 0 amide bonds. The Hall–Kier alpha value is -1.79. The first-order valence-corrected chi connectivity index (χ1v) is 11.1. The van der Waals surface area contributed by atoms with Gasteiger partial charge in [0.1, 0.15) is 5.75 Å². The van der Waals surface area contributed by atoms with E-state index >= 15 is 0 Å². The highest BCUT2D eigenvalue weighted by Crippen LogP contribution is 2.23. The average molecular weight is 403 g/mol. The van der Waals surface area contributed by atoms with Crippen LogP contribution < -0.4 is 15.4 Å². The van der Waals surface area contributed by atoms with E-state index in [0.717, 1.165) is 56.0 Å². The van der Waals surface area contributed by atoms with Crippen molar-refractivity contribution < 1.29 is 9.47 Å². The van der Waals surface area contributed by atoms with Gasteiger partial charge in [-0.25, -0.2) is 0 Å². The lowest BCUT2D eigenvalue weighted by molar-refractivity contribution is 0.166. The fraction of sp³-hybridized carbons (Fsp3) is 0.696. The number of aliphatic imine (C=N–C) groups is 1. The molecule has 0 radical (unpaired) electrons. The van der Waals surface area contributed by atoms with Crippen LogP contribution in [-0.4, -0.2) is 64.4 Å². The maximum atomic E-state index is 6.15. The van der Waals surface area contributed by atoms with Crippen molar-refractivity contribution in [3.05, 3.63) is 29.3 Å². The first-order valence-electron chi connectivity index (χ1n) is 11.1. The molecule has 2 aliphatic rings. The standard InChI is InChI=1S/C23H38N4O2/c1-18-4-5-21(22(14-18)29-17-20-9-13-28-16-20)15-26-23(24-2)25-10-6-19-7-11-27(3)12-8-19/h4-5,14,19-20H,6-13,15-17H2,1-3H3,(H2,24,25,26). The van der Waals surface area contributed by atoms with Gasteiger partial charge in [-0.05, 0) is 70.3 Å². The van der Waals surface area contributed by atoms with Crippen LogP contribution in [0.4, 0.5) is 0 Å². The predicted molar refractivity (Wildman–Crippen MR) is 119 cm³/mol. The van der Waals surface area contributed by atoms with Crippen LogP contribution in [0.15, 0.2) is 23.2 Å². The molecule has 1 aromatic carbocycles. The molecule has 2 heterocycles. The number of likely N-dealkylation sites (tertiary alicyclic amines) is 1. The summed E-state index contributed by atoms with van der Waals surface area (Å²) in [4.78, 5) is 6.80. The van der Waals surface area contributed by atoms with E-state index in [0.29, 0.717) is 12.5 Å². The van der Waals surface area contributed by atoms with E-state index in [9.17, 15) is 0 Å². The maximum Gasteiger partial charge on any atom is 0.191 e. The number of nitrogens with one attached hydrogen (secondary N) is 2. The Labute approximate surface area is 176 Å². The molecule has 6 heteroatoms. The van der Waals surface area contributed by atoms with E-state index in [1.54, 1.807) is 0 Å². The molecule has 1 unspecified atom stereocenters. The largest absolute Gasteiger partial charge is 0.493 e. The molecule has 162 valence electrons. The third-order valence-corrected chi connectivity index (χ3v) is 6.07. The van der Waals surface area contributed by atoms with Gasteiger partial charge in [-0.15, -0.1) is 0 Å². The van der Waals surface area contributed by atoms with Crippen LogP contribution in [0.2, 0.25) is 0 Å². The summed E-state index contributed by atoms with van der Waals surface area (Å²) in [5.41, 5.74) is 2.37. The van der Waals surface area contributed by atoms with Gasteiger partial charge in [0.2, 0.25) is 0 Å². The van der Waals surface area contributed by atoms with Gasteiger partial charge >= 0.3 is 0 Å². The van der Waals surface area contributed by atoms with Gasteiger partial charge in [0.05, 0.1) is 13.2 Å². The SMILES string of the molecule is CN=C(NCCC1CCN(C)CC1)NCc1ccc(C)cc1OCC1CCOC1. The fourth-order valence-corrected chi connectivity index (χ4v) is 4.01. The lowest BCUT2D eigenvalue weighted by Crippen LogP contribution is -2.38. The molecule has 0 aliphatic carbocycles. The number of ether oxygens (including phenoxy) is 2. The third-order valence-electron chi connectivity index (χ3n) is 6.07. The van der Waals surface area contributed by atoms with E-state index < -0.39 is 0 Å². The van der Waals surface area contributed by atoms with Crippen LogP contribution in [0.25, 0.3) is 0 Å². The summed E-state index contributed by atoms with van der Waals surface area (Å²) >= 11 is 0. The Balaban J connectivity index is 1.44. The van der Waals surface area contributed by atoms with Crippen LogP contribution in [-0.2, 0) is 11.3 Å². The lowest BCUT2D eigenvalue weighted by atomic mass is 9.94. The summed E-state index contributed by atoms with van der Waals surface area (Å²) in [6, 6.07) is 6.41. The molecule has 3 rings (SSSR count). The maximum absolute atomic E-state index is 6.15. The van der Waals surface area contributed by atoms with Gasteiger partial charge < -0.3 is 25.0 Å². The zero-order valence-electron chi connectivity index (χ0n) is 18.4. The zero-order chi connectivity index (χ0) is 20.5. The summed E-state index contributed by atoms with van der Waals surface area (Å²) < 4.78 is 11.6.